The van der Waals surface area contributed by atoms with Gasteiger partial charge in [0.2, 0.25) is 0 Å². The van der Waals surface area contributed by atoms with E-state index in [0.29, 0.717) is 0 Å². The third-order valence-electron chi connectivity index (χ3n) is 3.48. The van der Waals surface area contributed by atoms with Crippen molar-refractivity contribution in [2.75, 3.05) is 43.2 Å². The maximum absolute atomic E-state index is 12.2. The second-order valence-corrected chi connectivity index (χ2v) is 6.67. The standard InChI is InChI=1S/C17H26N2O3/c1-13-10-14(18(5)16(20)22-17(2,3)4)12-15(11-13)19-6-8-21-9-7-19/h10-12H,6-9H2,1-5H3. The Bertz CT molecular complexity index is 531. The fraction of sp³-hybridized carbons (Fsp3) is 0.588. The van der Waals surface area contributed by atoms with E-state index < -0.39 is 5.60 Å². The van der Waals surface area contributed by atoms with Gasteiger partial charge in [0, 0.05) is 31.5 Å². The fourth-order valence-corrected chi connectivity index (χ4v) is 2.38. The Morgan fingerprint density at radius 3 is 2.45 bits per heavy atom. The minimum absolute atomic E-state index is 0.342. The summed E-state index contributed by atoms with van der Waals surface area (Å²) in [6.45, 7) is 10.9. The van der Waals surface area contributed by atoms with Crippen molar-refractivity contribution in [3.05, 3.63) is 23.8 Å². The Balaban J connectivity index is 2.19. The summed E-state index contributed by atoms with van der Waals surface area (Å²) in [5.74, 6) is 0. The van der Waals surface area contributed by atoms with Crippen molar-refractivity contribution < 1.29 is 14.3 Å². The lowest BCUT2D eigenvalue weighted by atomic mass is 10.1. The first-order chi connectivity index (χ1) is 10.3. The molecule has 1 aromatic rings. The second-order valence-electron chi connectivity index (χ2n) is 6.67. The zero-order valence-electron chi connectivity index (χ0n) is 14.2. The molecule has 0 aliphatic carbocycles. The molecule has 0 radical (unpaired) electrons. The van der Waals surface area contributed by atoms with Gasteiger partial charge in [-0.15, -0.1) is 0 Å². The van der Waals surface area contributed by atoms with E-state index in [1.807, 2.05) is 39.8 Å². The molecule has 22 heavy (non-hydrogen) atoms. The van der Waals surface area contributed by atoms with E-state index in [9.17, 15) is 4.79 Å². The van der Waals surface area contributed by atoms with Gasteiger partial charge in [-0.25, -0.2) is 4.79 Å². The van der Waals surface area contributed by atoms with Gasteiger partial charge in [-0.2, -0.15) is 0 Å². The molecule has 1 aromatic carbocycles. The molecule has 2 rings (SSSR count). The summed E-state index contributed by atoms with van der Waals surface area (Å²) in [5, 5.41) is 0. The van der Waals surface area contributed by atoms with E-state index in [0.717, 1.165) is 43.2 Å². The number of anilines is 2. The zero-order chi connectivity index (χ0) is 16.3. The number of benzene rings is 1. The molecule has 0 bridgehead atoms. The van der Waals surface area contributed by atoms with Crippen molar-refractivity contribution in [3.63, 3.8) is 0 Å². The van der Waals surface area contributed by atoms with Gasteiger partial charge >= 0.3 is 6.09 Å². The minimum atomic E-state index is -0.498. The van der Waals surface area contributed by atoms with Crippen LogP contribution in [-0.4, -0.2) is 45.0 Å². The van der Waals surface area contributed by atoms with Gasteiger partial charge in [0.05, 0.1) is 13.2 Å². The molecule has 1 saturated heterocycles. The average Bonchev–Trinajstić information content (AvgIpc) is 2.45. The topological polar surface area (TPSA) is 42.0 Å². The summed E-state index contributed by atoms with van der Waals surface area (Å²) >= 11 is 0. The number of ether oxygens (including phenoxy) is 2. The van der Waals surface area contributed by atoms with Crippen LogP contribution in [0.15, 0.2) is 18.2 Å². The van der Waals surface area contributed by atoms with Crippen molar-refractivity contribution >= 4 is 17.5 Å². The zero-order valence-corrected chi connectivity index (χ0v) is 14.2. The van der Waals surface area contributed by atoms with Crippen LogP contribution in [0.3, 0.4) is 0 Å². The van der Waals surface area contributed by atoms with Gasteiger partial charge in [-0.1, -0.05) is 0 Å². The van der Waals surface area contributed by atoms with Crippen LogP contribution in [0.4, 0.5) is 16.2 Å². The Hall–Kier alpha value is -1.75. The van der Waals surface area contributed by atoms with Crippen LogP contribution in [0.5, 0.6) is 0 Å². The highest BCUT2D eigenvalue weighted by Gasteiger charge is 2.21. The first-order valence-corrected chi connectivity index (χ1v) is 7.67. The van der Waals surface area contributed by atoms with Crippen molar-refractivity contribution in [1.29, 1.82) is 0 Å². The number of hydrogen-bond acceptors (Lipinski definition) is 4. The number of hydrogen-bond donors (Lipinski definition) is 0. The molecule has 5 nitrogen and oxygen atoms in total. The summed E-state index contributed by atoms with van der Waals surface area (Å²) in [6, 6.07) is 6.16. The van der Waals surface area contributed by atoms with Gasteiger partial charge in [0.1, 0.15) is 5.60 Å². The predicted octanol–water partition coefficient (Wildman–Crippen LogP) is 3.20. The highest BCUT2D eigenvalue weighted by Crippen LogP contribution is 2.26. The van der Waals surface area contributed by atoms with Crippen LogP contribution in [0.2, 0.25) is 0 Å². The highest BCUT2D eigenvalue weighted by molar-refractivity contribution is 5.88. The molecule has 0 N–H and O–H groups in total. The molecule has 1 amide bonds. The molecular formula is C17H26N2O3. The maximum Gasteiger partial charge on any atom is 0.414 e. The number of rotatable bonds is 2. The summed E-state index contributed by atoms with van der Waals surface area (Å²) in [5.41, 5.74) is 2.58. The van der Waals surface area contributed by atoms with Crippen LogP contribution < -0.4 is 9.80 Å². The fourth-order valence-electron chi connectivity index (χ4n) is 2.38. The van der Waals surface area contributed by atoms with E-state index in [1.165, 1.54) is 0 Å². The molecule has 5 heteroatoms. The van der Waals surface area contributed by atoms with Crippen LogP contribution in [0.1, 0.15) is 26.3 Å². The number of amides is 1. The van der Waals surface area contributed by atoms with Gasteiger partial charge in [-0.05, 0) is 51.5 Å². The highest BCUT2D eigenvalue weighted by atomic mass is 16.6. The second kappa shape index (κ2) is 6.57. The lowest BCUT2D eigenvalue weighted by Crippen LogP contribution is -2.37. The van der Waals surface area contributed by atoms with Gasteiger partial charge in [-0.3, -0.25) is 4.90 Å². The first kappa shape index (κ1) is 16.6. The molecule has 1 heterocycles. The smallest absolute Gasteiger partial charge is 0.414 e. The van der Waals surface area contributed by atoms with Crippen molar-refractivity contribution in [2.45, 2.75) is 33.3 Å². The molecule has 122 valence electrons. The van der Waals surface area contributed by atoms with E-state index >= 15 is 0 Å². The Labute approximate surface area is 132 Å². The molecule has 0 unspecified atom stereocenters. The molecule has 0 atom stereocenters. The molecule has 0 spiro atoms. The molecule has 1 aliphatic heterocycles. The van der Waals surface area contributed by atoms with E-state index in [1.54, 1.807) is 11.9 Å². The normalized spacial score (nSPS) is 15.6. The molecule has 1 fully saturated rings. The van der Waals surface area contributed by atoms with Gasteiger partial charge < -0.3 is 14.4 Å². The maximum atomic E-state index is 12.2. The number of aryl methyl sites for hydroxylation is 1. The summed E-state index contributed by atoms with van der Waals surface area (Å²) in [4.78, 5) is 16.1. The average molecular weight is 306 g/mol. The number of nitrogens with zero attached hydrogens (tertiary/aromatic N) is 2. The lowest BCUT2D eigenvalue weighted by Gasteiger charge is -2.30. The van der Waals surface area contributed by atoms with Crippen molar-refractivity contribution in [1.82, 2.24) is 0 Å². The Morgan fingerprint density at radius 1 is 1.23 bits per heavy atom. The van der Waals surface area contributed by atoms with Crippen molar-refractivity contribution in [2.24, 2.45) is 0 Å². The molecule has 0 aromatic heterocycles. The van der Waals surface area contributed by atoms with E-state index in [2.05, 4.69) is 11.0 Å². The summed E-state index contributed by atoms with van der Waals surface area (Å²) in [7, 11) is 1.74. The minimum Gasteiger partial charge on any atom is -0.443 e. The van der Waals surface area contributed by atoms with Crippen LogP contribution >= 0.6 is 0 Å². The Morgan fingerprint density at radius 2 is 1.86 bits per heavy atom. The predicted molar refractivity (Wildman–Crippen MR) is 88.8 cm³/mol. The number of carbonyl (C=O) groups is 1. The van der Waals surface area contributed by atoms with E-state index in [4.69, 9.17) is 9.47 Å². The monoisotopic (exact) mass is 306 g/mol. The number of carbonyl (C=O) groups excluding carboxylic acids is 1. The summed E-state index contributed by atoms with van der Waals surface area (Å²) in [6.07, 6.45) is -0.342. The quantitative estimate of drug-likeness (QED) is 0.841. The van der Waals surface area contributed by atoms with Crippen molar-refractivity contribution in [3.8, 4) is 0 Å². The van der Waals surface area contributed by atoms with Crippen LogP contribution in [0, 0.1) is 6.92 Å². The van der Waals surface area contributed by atoms with Gasteiger partial charge in [0.15, 0.2) is 0 Å². The SMILES string of the molecule is Cc1cc(N2CCOCC2)cc(N(C)C(=O)OC(C)(C)C)c1. The molecule has 0 saturated carbocycles. The third kappa shape index (κ3) is 4.37. The van der Waals surface area contributed by atoms with Crippen LogP contribution in [-0.2, 0) is 9.47 Å². The van der Waals surface area contributed by atoms with E-state index in [-0.39, 0.29) is 6.09 Å². The molecular weight excluding hydrogens is 280 g/mol. The first-order valence-electron chi connectivity index (χ1n) is 7.67. The largest absolute Gasteiger partial charge is 0.443 e. The molecule has 1 aliphatic rings. The Kier molecular flexibility index (Phi) is 4.96. The van der Waals surface area contributed by atoms with Gasteiger partial charge in [0.25, 0.3) is 0 Å². The summed E-state index contributed by atoms with van der Waals surface area (Å²) < 4.78 is 10.8. The lowest BCUT2D eigenvalue weighted by molar-refractivity contribution is 0.0589. The number of morpholine rings is 1. The third-order valence-corrected chi connectivity index (χ3v) is 3.48. The van der Waals surface area contributed by atoms with Crippen LogP contribution in [0.25, 0.3) is 0 Å².